The third kappa shape index (κ3) is 2.46. The average Bonchev–Trinajstić information content (AvgIpc) is 2.21. The molecule has 88 valence electrons. The van der Waals surface area contributed by atoms with E-state index in [9.17, 15) is 0 Å². The van der Waals surface area contributed by atoms with Crippen molar-refractivity contribution in [3.63, 3.8) is 0 Å². The number of benzene rings is 1. The lowest BCUT2D eigenvalue weighted by Gasteiger charge is -2.25. The minimum atomic E-state index is -0.0968. The van der Waals surface area contributed by atoms with Gasteiger partial charge in [0.25, 0.3) is 0 Å². The van der Waals surface area contributed by atoms with Gasteiger partial charge >= 0.3 is 0 Å². The largest absolute Gasteiger partial charge is 0.325 e. The van der Waals surface area contributed by atoms with Crippen molar-refractivity contribution in [3.05, 3.63) is 34.4 Å². The Bertz CT molecular complexity index is 385. The van der Waals surface area contributed by atoms with Gasteiger partial charge in [-0.15, -0.1) is 0 Å². The molecule has 0 saturated carbocycles. The van der Waals surface area contributed by atoms with Crippen molar-refractivity contribution in [2.75, 3.05) is 0 Å². The Morgan fingerprint density at radius 1 is 1.12 bits per heavy atom. The van der Waals surface area contributed by atoms with E-state index in [1.54, 1.807) is 11.1 Å². The van der Waals surface area contributed by atoms with Gasteiger partial charge in [0, 0.05) is 5.54 Å². The summed E-state index contributed by atoms with van der Waals surface area (Å²) in [5.41, 5.74) is 12.2. The van der Waals surface area contributed by atoms with E-state index >= 15 is 0 Å². The van der Waals surface area contributed by atoms with Crippen LogP contribution >= 0.6 is 0 Å². The van der Waals surface area contributed by atoms with E-state index in [1.807, 2.05) is 0 Å². The van der Waals surface area contributed by atoms with E-state index in [0.717, 1.165) is 6.42 Å². The second-order valence-corrected chi connectivity index (χ2v) is 5.87. The van der Waals surface area contributed by atoms with Crippen molar-refractivity contribution >= 4 is 0 Å². The Balaban J connectivity index is 2.39. The van der Waals surface area contributed by atoms with E-state index < -0.39 is 0 Å². The summed E-state index contributed by atoms with van der Waals surface area (Å²) >= 11 is 0. The molecule has 0 amide bonds. The van der Waals surface area contributed by atoms with Crippen LogP contribution in [0.15, 0.2) is 12.1 Å². The summed E-state index contributed by atoms with van der Waals surface area (Å²) in [7, 11) is 0. The van der Waals surface area contributed by atoms with E-state index in [2.05, 4.69) is 32.9 Å². The molecule has 1 nitrogen and oxygen atoms in total. The van der Waals surface area contributed by atoms with E-state index in [4.69, 9.17) is 5.73 Å². The first kappa shape index (κ1) is 11.7. The maximum absolute atomic E-state index is 6.14. The minimum Gasteiger partial charge on any atom is -0.325 e. The molecule has 0 heterocycles. The lowest BCUT2D eigenvalue weighted by Crippen LogP contribution is -2.35. The summed E-state index contributed by atoms with van der Waals surface area (Å²) < 4.78 is 0. The average molecular weight is 217 g/mol. The van der Waals surface area contributed by atoms with Gasteiger partial charge in [0.05, 0.1) is 0 Å². The van der Waals surface area contributed by atoms with Gasteiger partial charge in [-0.05, 0) is 75.1 Å². The molecular formula is C15H23N. The molecule has 0 spiro atoms. The second-order valence-electron chi connectivity index (χ2n) is 5.87. The van der Waals surface area contributed by atoms with Crippen molar-refractivity contribution in [1.82, 2.24) is 0 Å². The number of nitrogens with two attached hydrogens (primary N) is 1. The summed E-state index contributed by atoms with van der Waals surface area (Å²) in [5, 5.41) is 0. The number of rotatable bonds is 2. The molecule has 1 heteroatoms. The topological polar surface area (TPSA) is 26.0 Å². The highest BCUT2D eigenvalue weighted by Gasteiger charge is 2.19. The highest BCUT2D eigenvalue weighted by atomic mass is 14.7. The van der Waals surface area contributed by atoms with Crippen molar-refractivity contribution in [3.8, 4) is 0 Å². The van der Waals surface area contributed by atoms with Crippen LogP contribution in [0, 0.1) is 6.92 Å². The van der Waals surface area contributed by atoms with Crippen molar-refractivity contribution in [1.29, 1.82) is 0 Å². The van der Waals surface area contributed by atoms with E-state index in [-0.39, 0.29) is 5.54 Å². The smallest absolute Gasteiger partial charge is 0.0138 e. The Hall–Kier alpha value is -0.820. The van der Waals surface area contributed by atoms with Gasteiger partial charge in [-0.1, -0.05) is 12.1 Å². The monoisotopic (exact) mass is 217 g/mol. The molecule has 1 aromatic carbocycles. The zero-order valence-electron chi connectivity index (χ0n) is 10.8. The molecular weight excluding hydrogens is 194 g/mol. The van der Waals surface area contributed by atoms with Gasteiger partial charge < -0.3 is 5.73 Å². The molecule has 0 fully saturated rings. The first-order valence-electron chi connectivity index (χ1n) is 6.36. The fourth-order valence-electron chi connectivity index (χ4n) is 2.78. The molecule has 1 aromatic rings. The standard InChI is InChI=1S/C15H23N/c1-11-8-9-12(10-15(2,3)16)14-7-5-4-6-13(11)14/h8-9H,4-7,10,16H2,1-3H3. The van der Waals surface area contributed by atoms with Crippen LogP contribution in [0.2, 0.25) is 0 Å². The highest BCUT2D eigenvalue weighted by molar-refractivity contribution is 5.42. The maximum Gasteiger partial charge on any atom is 0.0138 e. The molecule has 0 aliphatic heterocycles. The van der Waals surface area contributed by atoms with Crippen LogP contribution in [-0.2, 0) is 19.3 Å². The molecule has 16 heavy (non-hydrogen) atoms. The van der Waals surface area contributed by atoms with E-state index in [0.29, 0.717) is 0 Å². The molecule has 0 radical (unpaired) electrons. The fourth-order valence-corrected chi connectivity index (χ4v) is 2.78. The molecule has 0 bridgehead atoms. The second kappa shape index (κ2) is 4.21. The summed E-state index contributed by atoms with van der Waals surface area (Å²) in [6.45, 7) is 6.46. The first-order valence-corrected chi connectivity index (χ1v) is 6.36. The maximum atomic E-state index is 6.14. The minimum absolute atomic E-state index is 0.0968. The predicted octanol–water partition coefficient (Wildman–Crippen LogP) is 3.15. The molecule has 2 N–H and O–H groups in total. The predicted molar refractivity (Wildman–Crippen MR) is 69.8 cm³/mol. The Morgan fingerprint density at radius 2 is 1.75 bits per heavy atom. The van der Waals surface area contributed by atoms with Gasteiger partial charge in [-0.2, -0.15) is 0 Å². The third-order valence-electron chi connectivity index (χ3n) is 3.51. The summed E-state index contributed by atoms with van der Waals surface area (Å²) in [6, 6.07) is 4.55. The molecule has 0 saturated heterocycles. The van der Waals surface area contributed by atoms with Gasteiger partial charge in [-0.25, -0.2) is 0 Å². The van der Waals surface area contributed by atoms with Crippen molar-refractivity contribution < 1.29 is 0 Å². The third-order valence-corrected chi connectivity index (χ3v) is 3.51. The van der Waals surface area contributed by atoms with Gasteiger partial charge in [0.1, 0.15) is 0 Å². The Labute approximate surface area is 99.0 Å². The van der Waals surface area contributed by atoms with Crippen LogP contribution in [0.3, 0.4) is 0 Å². The van der Waals surface area contributed by atoms with Crippen LogP contribution in [-0.4, -0.2) is 5.54 Å². The zero-order chi connectivity index (χ0) is 11.8. The van der Waals surface area contributed by atoms with Crippen LogP contribution in [0.4, 0.5) is 0 Å². The summed E-state index contributed by atoms with van der Waals surface area (Å²) in [4.78, 5) is 0. The van der Waals surface area contributed by atoms with Crippen molar-refractivity contribution in [2.24, 2.45) is 5.73 Å². The number of fused-ring (bicyclic) bond motifs is 1. The molecule has 0 unspecified atom stereocenters. The Morgan fingerprint density at radius 3 is 2.38 bits per heavy atom. The van der Waals surface area contributed by atoms with Crippen LogP contribution in [0.25, 0.3) is 0 Å². The van der Waals surface area contributed by atoms with Crippen LogP contribution in [0.5, 0.6) is 0 Å². The quantitative estimate of drug-likeness (QED) is 0.809. The van der Waals surface area contributed by atoms with E-state index in [1.165, 1.54) is 36.8 Å². The SMILES string of the molecule is Cc1ccc(CC(C)(C)N)c2c1CCCC2. The molecule has 0 aromatic heterocycles. The Kier molecular flexibility index (Phi) is 3.07. The highest BCUT2D eigenvalue weighted by Crippen LogP contribution is 2.28. The lowest BCUT2D eigenvalue weighted by molar-refractivity contribution is 0.511. The molecule has 1 aliphatic rings. The fraction of sp³-hybridized carbons (Fsp3) is 0.600. The van der Waals surface area contributed by atoms with Gasteiger partial charge in [-0.3, -0.25) is 0 Å². The molecule has 0 atom stereocenters. The van der Waals surface area contributed by atoms with Gasteiger partial charge in [0.2, 0.25) is 0 Å². The lowest BCUT2D eigenvalue weighted by atomic mass is 9.82. The normalized spacial score (nSPS) is 16.0. The summed E-state index contributed by atoms with van der Waals surface area (Å²) in [6.07, 6.45) is 6.20. The summed E-state index contributed by atoms with van der Waals surface area (Å²) in [5.74, 6) is 0. The molecule has 1 aliphatic carbocycles. The van der Waals surface area contributed by atoms with Crippen molar-refractivity contribution in [2.45, 2.75) is 58.4 Å². The zero-order valence-corrected chi connectivity index (χ0v) is 10.8. The van der Waals surface area contributed by atoms with Crippen LogP contribution in [0.1, 0.15) is 48.9 Å². The first-order chi connectivity index (χ1) is 7.47. The number of hydrogen-bond acceptors (Lipinski definition) is 1. The van der Waals surface area contributed by atoms with Gasteiger partial charge in [0.15, 0.2) is 0 Å². The van der Waals surface area contributed by atoms with Crippen LogP contribution < -0.4 is 5.73 Å². The number of hydrogen-bond donors (Lipinski definition) is 1. The molecule has 2 rings (SSSR count). The number of aryl methyl sites for hydroxylation is 1.